The van der Waals surface area contributed by atoms with Crippen molar-refractivity contribution in [3.63, 3.8) is 0 Å². The number of nitrogens with zero attached hydrogens (tertiary/aromatic N) is 2. The second-order valence-electron chi connectivity index (χ2n) is 6.77. The Labute approximate surface area is 170 Å². The first-order valence-electron chi connectivity index (χ1n) is 9.04. The topological polar surface area (TPSA) is 64.0 Å². The number of anilines is 1. The van der Waals surface area contributed by atoms with Crippen LogP contribution in [0.1, 0.15) is 10.4 Å². The number of aromatic nitrogens is 2. The van der Waals surface area contributed by atoms with Crippen LogP contribution < -0.4 is 10.9 Å². The number of carbonyl (C=O) groups excluding carboxylic acids is 1. The summed E-state index contributed by atoms with van der Waals surface area (Å²) in [6.45, 7) is 3.39. The van der Waals surface area contributed by atoms with Crippen molar-refractivity contribution in [2.45, 2.75) is 20.4 Å². The van der Waals surface area contributed by atoms with E-state index in [-0.39, 0.29) is 12.1 Å². The number of nitrogens with one attached hydrogen (secondary N) is 1. The fraction of sp³-hybridized carbons (Fsp3) is 0.136. The highest BCUT2D eigenvalue weighted by Crippen LogP contribution is 2.35. The van der Waals surface area contributed by atoms with Crippen LogP contribution >= 0.6 is 11.3 Å². The van der Waals surface area contributed by atoms with Crippen LogP contribution in [0.2, 0.25) is 0 Å². The van der Waals surface area contributed by atoms with Gasteiger partial charge in [0.25, 0.3) is 5.56 Å². The largest absolute Gasteiger partial charge is 0.324 e. The maximum atomic E-state index is 13.7. The van der Waals surface area contributed by atoms with Crippen LogP contribution in [0.15, 0.2) is 59.7 Å². The Kier molecular flexibility index (Phi) is 4.98. The molecular weight excluding hydrogens is 389 g/mol. The standard InChI is InChI=1S/C22H18FN3O2S/c1-13-8-9-16(10-17(13)23)25-18(27)11-26-12-24-21-20(22(26)28)19(14(2)29-21)15-6-4-3-5-7-15/h3-10,12H,11H2,1-2H3,(H,25,27). The van der Waals surface area contributed by atoms with E-state index in [1.165, 1.54) is 28.3 Å². The van der Waals surface area contributed by atoms with Gasteiger partial charge >= 0.3 is 0 Å². The number of amides is 1. The minimum absolute atomic E-state index is 0.208. The number of thiophene rings is 1. The van der Waals surface area contributed by atoms with Crippen LogP contribution in [0.25, 0.3) is 21.3 Å². The van der Waals surface area contributed by atoms with Crippen LogP contribution in [0, 0.1) is 19.7 Å². The molecule has 0 unspecified atom stereocenters. The van der Waals surface area contributed by atoms with Gasteiger partial charge in [-0.2, -0.15) is 0 Å². The number of rotatable bonds is 4. The van der Waals surface area contributed by atoms with Crippen molar-refractivity contribution < 1.29 is 9.18 Å². The predicted octanol–water partition coefficient (Wildman–Crippen LogP) is 4.52. The number of benzene rings is 2. The fourth-order valence-corrected chi connectivity index (χ4v) is 4.23. The molecule has 0 aliphatic rings. The predicted molar refractivity (Wildman–Crippen MR) is 114 cm³/mol. The summed E-state index contributed by atoms with van der Waals surface area (Å²) in [4.78, 5) is 31.5. The number of aryl methyl sites for hydroxylation is 2. The van der Waals surface area contributed by atoms with Crippen molar-refractivity contribution in [2.24, 2.45) is 0 Å². The molecule has 0 fully saturated rings. The number of hydrogen-bond acceptors (Lipinski definition) is 4. The van der Waals surface area contributed by atoms with E-state index in [4.69, 9.17) is 0 Å². The molecule has 146 valence electrons. The monoisotopic (exact) mass is 407 g/mol. The van der Waals surface area contributed by atoms with E-state index in [1.54, 1.807) is 19.1 Å². The molecule has 0 saturated heterocycles. The van der Waals surface area contributed by atoms with Gasteiger partial charge in [-0.05, 0) is 37.1 Å². The Bertz CT molecular complexity index is 1280. The molecule has 2 heterocycles. The van der Waals surface area contributed by atoms with Crippen LogP contribution in [0.3, 0.4) is 0 Å². The molecule has 4 rings (SSSR count). The average Bonchev–Trinajstić information content (AvgIpc) is 3.04. The first-order chi connectivity index (χ1) is 13.9. The van der Waals surface area contributed by atoms with Crippen LogP contribution in [0.5, 0.6) is 0 Å². The lowest BCUT2D eigenvalue weighted by atomic mass is 10.0. The highest BCUT2D eigenvalue weighted by molar-refractivity contribution is 7.19. The zero-order chi connectivity index (χ0) is 20.5. The van der Waals surface area contributed by atoms with Gasteiger partial charge < -0.3 is 5.32 Å². The maximum absolute atomic E-state index is 13.7. The van der Waals surface area contributed by atoms with E-state index < -0.39 is 11.7 Å². The highest BCUT2D eigenvalue weighted by Gasteiger charge is 2.17. The smallest absolute Gasteiger partial charge is 0.263 e. The third-order valence-electron chi connectivity index (χ3n) is 4.69. The SMILES string of the molecule is Cc1ccc(NC(=O)Cn2cnc3sc(C)c(-c4ccccc4)c3c2=O)cc1F. The van der Waals surface area contributed by atoms with Gasteiger partial charge in [-0.1, -0.05) is 36.4 Å². The van der Waals surface area contributed by atoms with Gasteiger partial charge in [0.2, 0.25) is 5.91 Å². The van der Waals surface area contributed by atoms with E-state index in [9.17, 15) is 14.0 Å². The van der Waals surface area contributed by atoms with Crippen molar-refractivity contribution in [1.29, 1.82) is 0 Å². The lowest BCUT2D eigenvalue weighted by Crippen LogP contribution is -2.27. The van der Waals surface area contributed by atoms with Crippen molar-refractivity contribution in [1.82, 2.24) is 9.55 Å². The lowest BCUT2D eigenvalue weighted by Gasteiger charge is -2.09. The van der Waals surface area contributed by atoms with Crippen LogP contribution in [-0.4, -0.2) is 15.5 Å². The molecule has 4 aromatic rings. The highest BCUT2D eigenvalue weighted by atomic mass is 32.1. The Morgan fingerprint density at radius 3 is 2.66 bits per heavy atom. The molecule has 29 heavy (non-hydrogen) atoms. The molecule has 0 bridgehead atoms. The molecule has 7 heteroatoms. The van der Waals surface area contributed by atoms with Crippen molar-refractivity contribution in [3.05, 3.63) is 81.5 Å². The second-order valence-corrected chi connectivity index (χ2v) is 7.97. The molecular formula is C22H18FN3O2S. The molecule has 0 saturated carbocycles. The van der Waals surface area contributed by atoms with Gasteiger partial charge in [-0.3, -0.25) is 14.2 Å². The zero-order valence-corrected chi connectivity index (χ0v) is 16.7. The summed E-state index contributed by atoms with van der Waals surface area (Å²) in [5, 5.41) is 3.13. The quantitative estimate of drug-likeness (QED) is 0.541. The minimum Gasteiger partial charge on any atom is -0.324 e. The van der Waals surface area contributed by atoms with Gasteiger partial charge in [0.05, 0.1) is 11.7 Å². The van der Waals surface area contributed by atoms with E-state index in [0.717, 1.165) is 16.0 Å². The first-order valence-corrected chi connectivity index (χ1v) is 9.85. The number of hydrogen-bond donors (Lipinski definition) is 1. The third-order valence-corrected chi connectivity index (χ3v) is 5.70. The summed E-state index contributed by atoms with van der Waals surface area (Å²) in [6.07, 6.45) is 1.38. The minimum atomic E-state index is -0.426. The summed E-state index contributed by atoms with van der Waals surface area (Å²) in [6, 6.07) is 14.1. The number of halogens is 1. The number of fused-ring (bicyclic) bond motifs is 1. The maximum Gasteiger partial charge on any atom is 0.263 e. The van der Waals surface area contributed by atoms with Gasteiger partial charge in [0.1, 0.15) is 17.2 Å². The number of carbonyl (C=O) groups is 1. The van der Waals surface area contributed by atoms with E-state index in [1.807, 2.05) is 37.3 Å². The molecule has 1 amide bonds. The van der Waals surface area contributed by atoms with E-state index in [0.29, 0.717) is 21.5 Å². The average molecular weight is 407 g/mol. The lowest BCUT2D eigenvalue weighted by molar-refractivity contribution is -0.116. The van der Waals surface area contributed by atoms with Crippen LogP contribution in [-0.2, 0) is 11.3 Å². The van der Waals surface area contributed by atoms with Gasteiger partial charge in [0, 0.05) is 16.1 Å². The summed E-state index contributed by atoms with van der Waals surface area (Å²) in [5.41, 5.74) is 2.35. The fourth-order valence-electron chi connectivity index (χ4n) is 3.23. The first kappa shape index (κ1) is 19.0. The van der Waals surface area contributed by atoms with Crippen molar-refractivity contribution in [2.75, 3.05) is 5.32 Å². The Morgan fingerprint density at radius 2 is 1.93 bits per heavy atom. The Morgan fingerprint density at radius 1 is 1.17 bits per heavy atom. The second kappa shape index (κ2) is 7.60. The Hall–Kier alpha value is -3.32. The molecule has 2 aromatic carbocycles. The normalized spacial score (nSPS) is 11.0. The Balaban J connectivity index is 1.68. The molecule has 0 aliphatic carbocycles. The van der Waals surface area contributed by atoms with Gasteiger partial charge in [-0.15, -0.1) is 11.3 Å². The summed E-state index contributed by atoms with van der Waals surface area (Å²) >= 11 is 1.45. The molecule has 0 atom stereocenters. The van der Waals surface area contributed by atoms with Crippen molar-refractivity contribution >= 4 is 33.1 Å². The van der Waals surface area contributed by atoms with E-state index >= 15 is 0 Å². The van der Waals surface area contributed by atoms with Gasteiger partial charge in [0.15, 0.2) is 0 Å². The van der Waals surface area contributed by atoms with Crippen LogP contribution in [0.4, 0.5) is 10.1 Å². The van der Waals surface area contributed by atoms with E-state index in [2.05, 4.69) is 10.3 Å². The molecule has 1 N–H and O–H groups in total. The molecule has 0 aliphatic heterocycles. The van der Waals surface area contributed by atoms with Crippen molar-refractivity contribution in [3.8, 4) is 11.1 Å². The molecule has 2 aromatic heterocycles. The third kappa shape index (κ3) is 3.69. The molecule has 0 radical (unpaired) electrons. The summed E-state index contributed by atoms with van der Waals surface area (Å²) < 4.78 is 15.0. The molecule has 0 spiro atoms. The van der Waals surface area contributed by atoms with Gasteiger partial charge in [-0.25, -0.2) is 9.37 Å². The zero-order valence-electron chi connectivity index (χ0n) is 15.9. The summed E-state index contributed by atoms with van der Waals surface area (Å²) in [7, 11) is 0. The summed E-state index contributed by atoms with van der Waals surface area (Å²) in [5.74, 6) is -0.825. The molecule has 5 nitrogen and oxygen atoms in total.